The molecular weight excluding hydrogens is 335 g/mol. The van der Waals surface area contributed by atoms with Crippen LogP contribution in [0.5, 0.6) is 0 Å². The van der Waals surface area contributed by atoms with Gasteiger partial charge in [-0.2, -0.15) is 0 Å². The van der Waals surface area contributed by atoms with Crippen molar-refractivity contribution < 1.29 is 18.7 Å². The second-order valence-corrected chi connectivity index (χ2v) is 7.11. The summed E-state index contributed by atoms with van der Waals surface area (Å²) in [5, 5.41) is 9.46. The molecule has 1 aromatic heterocycles. The van der Waals surface area contributed by atoms with E-state index in [-0.39, 0.29) is 25.7 Å². The van der Waals surface area contributed by atoms with E-state index < -0.39 is 18.8 Å². The lowest BCUT2D eigenvalue weighted by Crippen LogP contribution is -2.31. The molecule has 1 aromatic rings. The molecule has 0 aliphatic rings. The minimum Gasteiger partial charge on any atom is -0.396 e. The molecular formula is C15H25N2O6P. The molecule has 0 amide bonds. The summed E-state index contributed by atoms with van der Waals surface area (Å²) in [6, 6.07) is 0. The number of aryl methyl sites for hydroxylation is 2. The van der Waals surface area contributed by atoms with Crippen LogP contribution in [0.3, 0.4) is 0 Å². The summed E-state index contributed by atoms with van der Waals surface area (Å²) in [5.74, 6) is 1.03. The van der Waals surface area contributed by atoms with Crippen molar-refractivity contribution in [3.8, 4) is 0 Å². The average molecular weight is 360 g/mol. The van der Waals surface area contributed by atoms with E-state index in [0.717, 1.165) is 0 Å². The highest BCUT2D eigenvalue weighted by molar-refractivity contribution is 7.57. The number of H-pyrrole nitrogens is 1. The van der Waals surface area contributed by atoms with Crippen LogP contribution in [0.4, 0.5) is 0 Å². The Kier molecular flexibility index (Phi) is 8.35. The summed E-state index contributed by atoms with van der Waals surface area (Å²) in [5.41, 5.74) is -0.479. The lowest BCUT2D eigenvalue weighted by atomic mass is 10.1. The lowest BCUT2D eigenvalue weighted by Gasteiger charge is -2.15. The highest BCUT2D eigenvalue weighted by atomic mass is 31.2. The Morgan fingerprint density at radius 2 is 1.96 bits per heavy atom. The van der Waals surface area contributed by atoms with Gasteiger partial charge in [0.2, 0.25) is 0 Å². The molecule has 1 unspecified atom stereocenters. The molecule has 0 saturated heterocycles. The molecule has 9 heteroatoms. The predicted molar refractivity (Wildman–Crippen MR) is 91.3 cm³/mol. The minimum absolute atomic E-state index is 0.175. The maximum atomic E-state index is 12.3. The van der Waals surface area contributed by atoms with Crippen molar-refractivity contribution in [2.24, 2.45) is 5.92 Å². The highest BCUT2D eigenvalue weighted by Gasteiger charge is 2.19. The van der Waals surface area contributed by atoms with Crippen LogP contribution < -0.4 is 11.2 Å². The Morgan fingerprint density at radius 3 is 2.50 bits per heavy atom. The Morgan fingerprint density at radius 1 is 1.33 bits per heavy atom. The first-order chi connectivity index (χ1) is 11.3. The van der Waals surface area contributed by atoms with Gasteiger partial charge in [0.05, 0.1) is 13.2 Å². The largest absolute Gasteiger partial charge is 0.396 e. The predicted octanol–water partition coefficient (Wildman–Crippen LogP) is 1.62. The Labute approximate surface area is 140 Å². The average Bonchev–Trinajstić information content (AvgIpc) is 2.52. The maximum Gasteiger partial charge on any atom is 0.353 e. The molecule has 136 valence electrons. The smallest absolute Gasteiger partial charge is 0.353 e. The Hall–Kier alpha value is -1.47. The summed E-state index contributed by atoms with van der Waals surface area (Å²) < 4.78 is 24.0. The van der Waals surface area contributed by atoms with Gasteiger partial charge in [0.15, 0.2) is 0 Å². The van der Waals surface area contributed by atoms with Gasteiger partial charge in [-0.15, -0.1) is 0 Å². The van der Waals surface area contributed by atoms with Gasteiger partial charge in [-0.05, 0) is 27.2 Å². The van der Waals surface area contributed by atoms with Crippen LogP contribution >= 0.6 is 7.60 Å². The van der Waals surface area contributed by atoms with Gasteiger partial charge in [-0.25, -0.2) is 4.79 Å². The lowest BCUT2D eigenvalue weighted by molar-refractivity contribution is 0.227. The van der Waals surface area contributed by atoms with E-state index in [2.05, 4.69) is 4.98 Å². The molecule has 0 radical (unpaired) electrons. The van der Waals surface area contributed by atoms with Gasteiger partial charge in [0.1, 0.15) is 0 Å². The molecule has 24 heavy (non-hydrogen) atoms. The Balaban J connectivity index is 2.79. The van der Waals surface area contributed by atoms with Crippen LogP contribution in [-0.2, 0) is 20.2 Å². The molecule has 0 spiro atoms. The number of hydrogen-bond donors (Lipinski definition) is 2. The number of nitrogens with one attached hydrogen (secondary N) is 1. The molecule has 2 N–H and O–H groups in total. The zero-order valence-electron chi connectivity index (χ0n) is 14.2. The highest BCUT2D eigenvalue weighted by Crippen LogP contribution is 2.49. The third-order valence-electron chi connectivity index (χ3n) is 3.32. The number of aromatic nitrogens is 2. The maximum absolute atomic E-state index is 12.3. The molecule has 0 aliphatic heterocycles. The quantitative estimate of drug-likeness (QED) is 0.614. The summed E-state index contributed by atoms with van der Waals surface area (Å²) in [4.78, 5) is 25.3. The number of nitrogens with zero attached hydrogens (tertiary/aromatic N) is 1. The number of aliphatic hydroxyl groups excluding tert-OH is 1. The standard InChI is InChI=1S/C15H25N2O6P/c1-4-22-24(21,23-5-2)9-7-13(11-18)6-8-17-10-12(3)14(19)16-15(17)20/h7,9-10,13,18H,4-6,8,11H2,1-3H3,(H,16,19,20)/b9-7+. The monoisotopic (exact) mass is 360 g/mol. The van der Waals surface area contributed by atoms with Crippen LogP contribution in [0.2, 0.25) is 0 Å². The summed E-state index contributed by atoms with van der Waals surface area (Å²) in [7, 11) is -3.31. The van der Waals surface area contributed by atoms with Gasteiger partial charge < -0.3 is 18.7 Å². The minimum atomic E-state index is -3.31. The Bertz CT molecular complexity index is 699. The zero-order valence-corrected chi connectivity index (χ0v) is 15.1. The fourth-order valence-electron chi connectivity index (χ4n) is 2.05. The van der Waals surface area contributed by atoms with Gasteiger partial charge in [0.25, 0.3) is 5.56 Å². The van der Waals surface area contributed by atoms with E-state index in [1.165, 1.54) is 16.6 Å². The fraction of sp³-hybridized carbons (Fsp3) is 0.600. The second kappa shape index (κ2) is 9.74. The molecule has 1 rings (SSSR count). The van der Waals surface area contributed by atoms with E-state index in [1.807, 2.05) is 0 Å². The first-order valence-corrected chi connectivity index (χ1v) is 9.45. The van der Waals surface area contributed by atoms with Crippen LogP contribution in [-0.4, -0.2) is 34.5 Å². The van der Waals surface area contributed by atoms with Crippen LogP contribution in [0.15, 0.2) is 27.7 Å². The van der Waals surface area contributed by atoms with Crippen LogP contribution in [0.25, 0.3) is 0 Å². The van der Waals surface area contributed by atoms with E-state index in [0.29, 0.717) is 18.5 Å². The normalized spacial score (nSPS) is 13.5. The number of hydrogen-bond acceptors (Lipinski definition) is 6. The molecule has 0 saturated carbocycles. The van der Waals surface area contributed by atoms with Crippen molar-refractivity contribution in [2.75, 3.05) is 19.8 Å². The molecule has 8 nitrogen and oxygen atoms in total. The molecule has 1 heterocycles. The van der Waals surface area contributed by atoms with Crippen molar-refractivity contribution in [3.63, 3.8) is 0 Å². The summed E-state index contributed by atoms with van der Waals surface area (Å²) in [6.45, 7) is 5.67. The second-order valence-electron chi connectivity index (χ2n) is 5.21. The topological polar surface area (TPSA) is 111 Å². The molecule has 1 atom stereocenters. The van der Waals surface area contributed by atoms with E-state index in [9.17, 15) is 19.3 Å². The summed E-state index contributed by atoms with van der Waals surface area (Å²) in [6.07, 6.45) is 3.48. The first kappa shape index (κ1) is 20.6. The number of aromatic amines is 1. The van der Waals surface area contributed by atoms with Gasteiger partial charge in [-0.3, -0.25) is 14.3 Å². The zero-order chi connectivity index (χ0) is 18.2. The molecule has 0 fully saturated rings. The summed E-state index contributed by atoms with van der Waals surface area (Å²) >= 11 is 0. The van der Waals surface area contributed by atoms with Crippen molar-refractivity contribution in [3.05, 3.63) is 44.5 Å². The van der Waals surface area contributed by atoms with E-state index in [1.54, 1.807) is 26.8 Å². The van der Waals surface area contributed by atoms with Crippen molar-refractivity contribution in [1.29, 1.82) is 0 Å². The van der Waals surface area contributed by atoms with Crippen LogP contribution in [0, 0.1) is 12.8 Å². The van der Waals surface area contributed by atoms with Gasteiger partial charge >= 0.3 is 13.3 Å². The SMILES string of the molecule is CCOP(=O)(/C=C/C(CO)CCn1cc(C)c(=O)[nH]c1=O)OCC. The van der Waals surface area contributed by atoms with E-state index in [4.69, 9.17) is 9.05 Å². The number of rotatable bonds is 10. The van der Waals surface area contributed by atoms with Crippen molar-refractivity contribution in [2.45, 2.75) is 33.7 Å². The first-order valence-electron chi connectivity index (χ1n) is 7.84. The van der Waals surface area contributed by atoms with Crippen LogP contribution in [0.1, 0.15) is 25.8 Å². The van der Waals surface area contributed by atoms with E-state index >= 15 is 0 Å². The van der Waals surface area contributed by atoms with Crippen molar-refractivity contribution in [1.82, 2.24) is 9.55 Å². The van der Waals surface area contributed by atoms with Gasteiger partial charge in [-0.1, -0.05) is 6.08 Å². The molecule has 0 aromatic carbocycles. The third-order valence-corrected chi connectivity index (χ3v) is 5.10. The van der Waals surface area contributed by atoms with Crippen molar-refractivity contribution >= 4 is 7.60 Å². The third kappa shape index (κ3) is 6.20. The molecule has 0 aliphatic carbocycles. The van der Waals surface area contributed by atoms with Gasteiger partial charge in [0, 0.05) is 36.6 Å². The fourth-order valence-corrected chi connectivity index (χ4v) is 3.47. The number of aliphatic hydroxyl groups is 1. The molecule has 0 bridgehead atoms.